The van der Waals surface area contributed by atoms with Gasteiger partial charge in [-0.15, -0.1) is 0 Å². The van der Waals surface area contributed by atoms with Gasteiger partial charge in [0, 0.05) is 18.5 Å². The van der Waals surface area contributed by atoms with Crippen LogP contribution in [0.4, 0.5) is 0 Å². The molecule has 2 fully saturated rings. The maximum Gasteiger partial charge on any atom is 0.223 e. The lowest BCUT2D eigenvalue weighted by atomic mass is 9.86. The molecule has 0 aromatic rings. The van der Waals surface area contributed by atoms with Crippen molar-refractivity contribution in [2.24, 2.45) is 17.1 Å². The van der Waals surface area contributed by atoms with E-state index < -0.39 is 0 Å². The molecule has 2 saturated carbocycles. The zero-order valence-electron chi connectivity index (χ0n) is 11.0. The lowest BCUT2D eigenvalue weighted by Gasteiger charge is -2.26. The first-order chi connectivity index (χ1) is 8.15. The summed E-state index contributed by atoms with van der Waals surface area (Å²) in [5, 5.41) is 3.18. The summed E-state index contributed by atoms with van der Waals surface area (Å²) in [7, 11) is 0. The van der Waals surface area contributed by atoms with Crippen LogP contribution in [0.1, 0.15) is 58.3 Å². The summed E-state index contributed by atoms with van der Waals surface area (Å²) in [4.78, 5) is 12.0. The van der Waals surface area contributed by atoms with E-state index in [1.807, 2.05) is 0 Å². The van der Waals surface area contributed by atoms with Crippen molar-refractivity contribution in [3.05, 3.63) is 0 Å². The van der Waals surface area contributed by atoms with Crippen molar-refractivity contribution in [1.29, 1.82) is 0 Å². The fraction of sp³-hybridized carbons (Fsp3) is 0.929. The molecule has 98 valence electrons. The predicted octanol–water partition coefficient (Wildman–Crippen LogP) is 2.20. The molecule has 2 aliphatic carbocycles. The van der Waals surface area contributed by atoms with E-state index in [0.29, 0.717) is 11.5 Å². The molecule has 3 nitrogen and oxygen atoms in total. The molecular formula is C14H26N2O. The molecule has 0 radical (unpaired) electrons. The van der Waals surface area contributed by atoms with E-state index in [1.165, 1.54) is 25.7 Å². The third-order valence-electron chi connectivity index (χ3n) is 4.52. The van der Waals surface area contributed by atoms with Crippen molar-refractivity contribution in [1.82, 2.24) is 5.32 Å². The van der Waals surface area contributed by atoms with Crippen molar-refractivity contribution in [2.75, 3.05) is 6.54 Å². The highest BCUT2D eigenvalue weighted by molar-refractivity contribution is 5.78. The van der Waals surface area contributed by atoms with Gasteiger partial charge in [0.15, 0.2) is 0 Å². The third kappa shape index (κ3) is 3.44. The fourth-order valence-corrected chi connectivity index (χ4v) is 3.02. The van der Waals surface area contributed by atoms with E-state index in [1.54, 1.807) is 0 Å². The molecule has 1 amide bonds. The Labute approximate surface area is 105 Å². The van der Waals surface area contributed by atoms with Crippen molar-refractivity contribution in [2.45, 2.75) is 64.3 Å². The minimum atomic E-state index is 0.229. The van der Waals surface area contributed by atoms with Crippen LogP contribution in [0.15, 0.2) is 0 Å². The summed E-state index contributed by atoms with van der Waals surface area (Å²) in [6.07, 6.45) is 9.09. The number of carbonyl (C=O) groups is 1. The Hall–Kier alpha value is -0.570. The SMILES string of the molecule is CCCC1(CNC(=O)C2CCC(N)CC2)CC1. The van der Waals surface area contributed by atoms with Crippen molar-refractivity contribution < 1.29 is 4.79 Å². The summed E-state index contributed by atoms with van der Waals surface area (Å²) in [5.74, 6) is 0.506. The van der Waals surface area contributed by atoms with E-state index in [4.69, 9.17) is 5.73 Å². The molecular weight excluding hydrogens is 212 g/mol. The molecule has 0 atom stereocenters. The maximum absolute atomic E-state index is 12.0. The van der Waals surface area contributed by atoms with Gasteiger partial charge >= 0.3 is 0 Å². The summed E-state index contributed by atoms with van der Waals surface area (Å²) < 4.78 is 0. The Kier molecular flexibility index (Phi) is 4.08. The number of nitrogens with one attached hydrogen (secondary N) is 1. The summed E-state index contributed by atoms with van der Waals surface area (Å²) in [6.45, 7) is 3.13. The molecule has 0 heterocycles. The second kappa shape index (κ2) is 5.38. The molecule has 0 aromatic heterocycles. The Morgan fingerprint density at radius 2 is 1.94 bits per heavy atom. The van der Waals surface area contributed by atoms with Gasteiger partial charge in [0.2, 0.25) is 5.91 Å². The normalized spacial score (nSPS) is 30.9. The number of nitrogens with two attached hydrogens (primary N) is 1. The second-order valence-electron chi connectivity index (χ2n) is 6.08. The van der Waals surface area contributed by atoms with Gasteiger partial charge in [-0.3, -0.25) is 4.79 Å². The maximum atomic E-state index is 12.0. The van der Waals surface area contributed by atoms with E-state index in [2.05, 4.69) is 12.2 Å². The van der Waals surface area contributed by atoms with Gasteiger partial charge in [-0.25, -0.2) is 0 Å². The lowest BCUT2D eigenvalue weighted by molar-refractivity contribution is -0.126. The van der Waals surface area contributed by atoms with Gasteiger partial charge < -0.3 is 11.1 Å². The molecule has 2 aliphatic rings. The smallest absolute Gasteiger partial charge is 0.223 e. The standard InChI is InChI=1S/C14H26N2O/c1-2-7-14(8-9-14)10-16-13(17)11-3-5-12(15)6-4-11/h11-12H,2-10,15H2,1H3,(H,16,17). The third-order valence-corrected chi connectivity index (χ3v) is 4.52. The van der Waals surface area contributed by atoms with Gasteiger partial charge in [0.1, 0.15) is 0 Å². The average Bonchev–Trinajstić information content (AvgIpc) is 3.08. The van der Waals surface area contributed by atoms with Gasteiger partial charge in [0.25, 0.3) is 0 Å². The number of hydrogen-bond donors (Lipinski definition) is 2. The van der Waals surface area contributed by atoms with Crippen LogP contribution in [0.2, 0.25) is 0 Å². The first kappa shape index (κ1) is 12.9. The van der Waals surface area contributed by atoms with E-state index in [0.717, 1.165) is 32.2 Å². The van der Waals surface area contributed by atoms with Crippen LogP contribution in [-0.2, 0) is 4.79 Å². The first-order valence-corrected chi connectivity index (χ1v) is 7.18. The lowest BCUT2D eigenvalue weighted by Crippen LogP contribution is -2.38. The topological polar surface area (TPSA) is 55.1 Å². The monoisotopic (exact) mass is 238 g/mol. The zero-order valence-corrected chi connectivity index (χ0v) is 11.0. The minimum Gasteiger partial charge on any atom is -0.355 e. The second-order valence-corrected chi connectivity index (χ2v) is 6.08. The van der Waals surface area contributed by atoms with Gasteiger partial charge in [-0.1, -0.05) is 13.3 Å². The molecule has 3 heteroatoms. The molecule has 0 aliphatic heterocycles. The zero-order chi connectivity index (χ0) is 12.3. The minimum absolute atomic E-state index is 0.229. The average molecular weight is 238 g/mol. The van der Waals surface area contributed by atoms with E-state index >= 15 is 0 Å². The highest BCUT2D eigenvalue weighted by atomic mass is 16.1. The largest absolute Gasteiger partial charge is 0.355 e. The summed E-state index contributed by atoms with van der Waals surface area (Å²) >= 11 is 0. The first-order valence-electron chi connectivity index (χ1n) is 7.18. The molecule has 0 bridgehead atoms. The number of carbonyl (C=O) groups excluding carboxylic acids is 1. The van der Waals surface area contributed by atoms with Crippen LogP contribution in [0, 0.1) is 11.3 Å². The summed E-state index contributed by atoms with van der Waals surface area (Å²) in [5.41, 5.74) is 6.33. The Morgan fingerprint density at radius 1 is 1.29 bits per heavy atom. The molecule has 17 heavy (non-hydrogen) atoms. The van der Waals surface area contributed by atoms with Crippen LogP contribution < -0.4 is 11.1 Å². The van der Waals surface area contributed by atoms with E-state index in [-0.39, 0.29) is 11.8 Å². The molecule has 0 saturated heterocycles. The van der Waals surface area contributed by atoms with Crippen molar-refractivity contribution in [3.63, 3.8) is 0 Å². The van der Waals surface area contributed by atoms with Crippen molar-refractivity contribution in [3.8, 4) is 0 Å². The van der Waals surface area contributed by atoms with Gasteiger partial charge in [0.05, 0.1) is 0 Å². The van der Waals surface area contributed by atoms with Crippen LogP contribution in [0.5, 0.6) is 0 Å². The van der Waals surface area contributed by atoms with Crippen molar-refractivity contribution >= 4 is 5.91 Å². The Morgan fingerprint density at radius 3 is 2.47 bits per heavy atom. The van der Waals surface area contributed by atoms with Gasteiger partial charge in [-0.05, 0) is 50.4 Å². The number of hydrogen-bond acceptors (Lipinski definition) is 2. The highest BCUT2D eigenvalue weighted by Crippen LogP contribution is 2.49. The number of amides is 1. The van der Waals surface area contributed by atoms with Crippen LogP contribution in [-0.4, -0.2) is 18.5 Å². The highest BCUT2D eigenvalue weighted by Gasteiger charge is 2.41. The molecule has 2 rings (SSSR count). The number of rotatable bonds is 5. The molecule has 3 N–H and O–H groups in total. The fourth-order valence-electron chi connectivity index (χ4n) is 3.02. The quantitative estimate of drug-likeness (QED) is 0.771. The van der Waals surface area contributed by atoms with Crippen LogP contribution in [0.3, 0.4) is 0 Å². The Balaban J connectivity index is 1.70. The van der Waals surface area contributed by atoms with Crippen LogP contribution in [0.25, 0.3) is 0 Å². The Bertz CT molecular complexity index is 265. The van der Waals surface area contributed by atoms with Gasteiger partial charge in [-0.2, -0.15) is 0 Å². The summed E-state index contributed by atoms with van der Waals surface area (Å²) in [6, 6.07) is 0.328. The van der Waals surface area contributed by atoms with E-state index in [9.17, 15) is 4.79 Å². The molecule has 0 unspecified atom stereocenters. The molecule has 0 aromatic carbocycles. The predicted molar refractivity (Wildman–Crippen MR) is 69.5 cm³/mol. The molecule has 0 spiro atoms. The van der Waals surface area contributed by atoms with Crippen LogP contribution >= 0.6 is 0 Å².